The van der Waals surface area contributed by atoms with E-state index in [-0.39, 0.29) is 48.8 Å². The van der Waals surface area contributed by atoms with Crippen LogP contribution in [0.2, 0.25) is 0 Å². The van der Waals surface area contributed by atoms with Crippen LogP contribution in [-0.2, 0) is 19.2 Å². The van der Waals surface area contributed by atoms with Crippen LogP contribution in [0.1, 0.15) is 79.6 Å². The van der Waals surface area contributed by atoms with Crippen LogP contribution in [0.4, 0.5) is 0 Å². The molecule has 0 fully saturated rings. The summed E-state index contributed by atoms with van der Waals surface area (Å²) in [5.74, 6) is -2.16. The SMILES string of the molecule is C=C1C(C[C@H](N)C(=O)O)=C(/C=C2\NC(C[C@H]3NC(=O)C(CC)=C3C)C(C)=C2CCC(=O)O)NC1C[C@@H]1NC(=O)C(C)=C1CC. The van der Waals surface area contributed by atoms with E-state index in [9.17, 15) is 29.4 Å². The maximum absolute atomic E-state index is 12.5. The van der Waals surface area contributed by atoms with E-state index < -0.39 is 18.0 Å². The lowest BCUT2D eigenvalue weighted by Gasteiger charge is -2.22. The van der Waals surface area contributed by atoms with E-state index in [0.29, 0.717) is 42.5 Å². The Bertz CT molecular complexity index is 1450. The fraction of sp³-hybridized carbons (Fsp3) is 0.515. The molecule has 11 nitrogen and oxygen atoms in total. The molecule has 4 aliphatic rings. The summed E-state index contributed by atoms with van der Waals surface area (Å²) in [5.41, 5.74) is 14.3. The molecule has 11 heteroatoms. The van der Waals surface area contributed by atoms with Gasteiger partial charge in [-0.25, -0.2) is 0 Å². The van der Waals surface area contributed by atoms with Gasteiger partial charge in [0.2, 0.25) is 11.8 Å². The third-order valence-electron chi connectivity index (χ3n) is 9.54. The molecular formula is C33H45N5O6. The van der Waals surface area contributed by atoms with E-state index in [2.05, 4.69) is 27.8 Å². The standard InChI is InChI=1S/C33H45N5O6/c1-7-19-18(6)31(41)38-27(19)13-25-17(5)22(11-23(34)33(43)44)29(36-25)14-28-21(9-10-30(39)40)16(4)24(35-28)12-26-15(3)20(8-2)32(42)37-26/h14,23-27,35-36H,5,7-13,34H2,1-4,6H3,(H,37,42)(H,38,41)(H,39,40)(H,43,44)/b28-14-/t23-,24?,25?,26+,27-/m0/s1. The highest BCUT2D eigenvalue weighted by Crippen LogP contribution is 2.37. The van der Waals surface area contributed by atoms with Crippen LogP contribution in [-0.4, -0.2) is 64.2 Å². The average molecular weight is 608 g/mol. The molecule has 0 aromatic rings. The van der Waals surface area contributed by atoms with Gasteiger partial charge < -0.3 is 37.2 Å². The summed E-state index contributed by atoms with van der Waals surface area (Å²) in [7, 11) is 0. The maximum Gasteiger partial charge on any atom is 0.320 e. The van der Waals surface area contributed by atoms with E-state index >= 15 is 0 Å². The van der Waals surface area contributed by atoms with Gasteiger partial charge in [-0.3, -0.25) is 19.2 Å². The monoisotopic (exact) mass is 607 g/mol. The molecule has 4 rings (SSSR count). The number of rotatable bonds is 13. The lowest BCUT2D eigenvalue weighted by molar-refractivity contribution is -0.138. The van der Waals surface area contributed by atoms with Gasteiger partial charge in [0.05, 0.1) is 18.1 Å². The third kappa shape index (κ3) is 6.52. The van der Waals surface area contributed by atoms with Crippen molar-refractivity contribution in [2.75, 3.05) is 0 Å². The van der Waals surface area contributed by atoms with Crippen molar-refractivity contribution in [2.45, 2.75) is 110 Å². The van der Waals surface area contributed by atoms with E-state index in [1.165, 1.54) is 0 Å². The highest BCUT2D eigenvalue weighted by Gasteiger charge is 2.37. The van der Waals surface area contributed by atoms with Gasteiger partial charge in [-0.1, -0.05) is 20.4 Å². The van der Waals surface area contributed by atoms with Crippen molar-refractivity contribution in [1.29, 1.82) is 0 Å². The first-order chi connectivity index (χ1) is 20.8. The molecular weight excluding hydrogens is 562 g/mol. The zero-order valence-electron chi connectivity index (χ0n) is 26.2. The molecule has 238 valence electrons. The second-order valence-electron chi connectivity index (χ2n) is 12.1. The molecule has 0 radical (unpaired) electrons. The summed E-state index contributed by atoms with van der Waals surface area (Å²) in [6.07, 6.45) is 4.73. The highest BCUT2D eigenvalue weighted by molar-refractivity contribution is 5.97. The molecule has 4 aliphatic heterocycles. The smallest absolute Gasteiger partial charge is 0.320 e. The molecule has 0 aromatic heterocycles. The number of nitrogens with one attached hydrogen (secondary N) is 4. The normalized spacial score (nSPS) is 27.0. The van der Waals surface area contributed by atoms with Crippen molar-refractivity contribution in [3.8, 4) is 0 Å². The van der Waals surface area contributed by atoms with E-state index in [4.69, 9.17) is 5.73 Å². The van der Waals surface area contributed by atoms with Crippen molar-refractivity contribution < 1.29 is 29.4 Å². The maximum atomic E-state index is 12.5. The Morgan fingerprint density at radius 1 is 0.864 bits per heavy atom. The molecule has 0 saturated carbocycles. The largest absolute Gasteiger partial charge is 0.481 e. The summed E-state index contributed by atoms with van der Waals surface area (Å²) in [5, 5.41) is 32.3. The van der Waals surface area contributed by atoms with Gasteiger partial charge in [-0.2, -0.15) is 0 Å². The fourth-order valence-electron chi connectivity index (χ4n) is 6.86. The number of nitrogens with two attached hydrogens (primary N) is 1. The van der Waals surface area contributed by atoms with Crippen LogP contribution in [0.3, 0.4) is 0 Å². The molecule has 0 bridgehead atoms. The number of amides is 2. The quantitative estimate of drug-likeness (QED) is 0.166. The van der Waals surface area contributed by atoms with E-state index in [0.717, 1.165) is 45.6 Å². The molecule has 2 amide bonds. The Hall–Kier alpha value is -4.12. The van der Waals surface area contributed by atoms with Gasteiger partial charge in [0, 0.05) is 41.4 Å². The Morgan fingerprint density at radius 3 is 2.07 bits per heavy atom. The Kier molecular flexibility index (Phi) is 9.88. The number of hydrogen-bond donors (Lipinski definition) is 7. The van der Waals surface area contributed by atoms with Crippen molar-refractivity contribution in [3.63, 3.8) is 0 Å². The van der Waals surface area contributed by atoms with Crippen LogP contribution < -0.4 is 27.0 Å². The van der Waals surface area contributed by atoms with Gasteiger partial charge in [-0.15, -0.1) is 0 Å². The summed E-state index contributed by atoms with van der Waals surface area (Å²) < 4.78 is 0. The first-order valence-electron chi connectivity index (χ1n) is 15.3. The number of allylic oxidation sites excluding steroid dienone is 2. The first-order valence-corrected chi connectivity index (χ1v) is 15.3. The number of carbonyl (C=O) groups is 4. The molecule has 5 atom stereocenters. The second-order valence-corrected chi connectivity index (χ2v) is 12.1. The zero-order chi connectivity index (χ0) is 32.5. The minimum Gasteiger partial charge on any atom is -0.481 e. The van der Waals surface area contributed by atoms with E-state index in [1.807, 2.05) is 40.7 Å². The number of carbonyl (C=O) groups excluding carboxylic acids is 2. The Labute approximate surface area is 258 Å². The average Bonchev–Trinajstić information content (AvgIpc) is 3.60. The summed E-state index contributed by atoms with van der Waals surface area (Å²) in [4.78, 5) is 48.2. The minimum absolute atomic E-state index is 0.0458. The van der Waals surface area contributed by atoms with E-state index in [1.54, 1.807) is 0 Å². The van der Waals surface area contributed by atoms with Crippen LogP contribution >= 0.6 is 0 Å². The number of aliphatic carboxylic acids is 2. The number of carboxylic acid groups (broad SMARTS) is 2. The number of hydrogen-bond acceptors (Lipinski definition) is 7. The molecule has 0 spiro atoms. The third-order valence-corrected chi connectivity index (χ3v) is 9.54. The molecule has 4 heterocycles. The molecule has 8 N–H and O–H groups in total. The van der Waals surface area contributed by atoms with Gasteiger partial charge >= 0.3 is 11.9 Å². The number of carboxylic acids is 2. The van der Waals surface area contributed by atoms with Crippen molar-refractivity contribution in [3.05, 3.63) is 68.6 Å². The molecule has 2 unspecified atom stereocenters. The van der Waals surface area contributed by atoms with Gasteiger partial charge in [0.15, 0.2) is 0 Å². The topological polar surface area (TPSA) is 183 Å². The fourth-order valence-corrected chi connectivity index (χ4v) is 6.86. The van der Waals surface area contributed by atoms with Gasteiger partial charge in [0.25, 0.3) is 0 Å². The summed E-state index contributed by atoms with van der Waals surface area (Å²) >= 11 is 0. The predicted octanol–water partition coefficient (Wildman–Crippen LogP) is 2.84. The predicted molar refractivity (Wildman–Crippen MR) is 167 cm³/mol. The molecule has 0 aliphatic carbocycles. The summed E-state index contributed by atoms with van der Waals surface area (Å²) in [6.45, 7) is 14.1. The zero-order valence-corrected chi connectivity index (χ0v) is 26.2. The molecule has 0 saturated heterocycles. The van der Waals surface area contributed by atoms with Crippen LogP contribution in [0.15, 0.2) is 68.6 Å². The van der Waals surface area contributed by atoms with Crippen LogP contribution in [0.25, 0.3) is 0 Å². The van der Waals surface area contributed by atoms with Crippen molar-refractivity contribution in [2.24, 2.45) is 5.73 Å². The Morgan fingerprint density at radius 2 is 1.48 bits per heavy atom. The lowest BCUT2D eigenvalue weighted by atomic mass is 9.91. The molecule has 0 aromatic carbocycles. The molecule has 44 heavy (non-hydrogen) atoms. The van der Waals surface area contributed by atoms with Gasteiger partial charge in [-0.05, 0) is 92.4 Å². The second kappa shape index (κ2) is 13.3. The van der Waals surface area contributed by atoms with Crippen LogP contribution in [0, 0.1) is 0 Å². The van der Waals surface area contributed by atoms with Crippen molar-refractivity contribution in [1.82, 2.24) is 21.3 Å². The van der Waals surface area contributed by atoms with Gasteiger partial charge in [0.1, 0.15) is 6.04 Å². The van der Waals surface area contributed by atoms with Crippen molar-refractivity contribution >= 4 is 23.8 Å². The lowest BCUT2D eigenvalue weighted by Crippen LogP contribution is -2.37. The van der Waals surface area contributed by atoms with Crippen LogP contribution in [0.5, 0.6) is 0 Å². The Balaban J connectivity index is 1.66. The first kappa shape index (κ1) is 32.8. The summed E-state index contributed by atoms with van der Waals surface area (Å²) in [6, 6.07) is -1.85. The minimum atomic E-state index is -1.14. The highest BCUT2D eigenvalue weighted by atomic mass is 16.4.